The maximum Gasteiger partial charge on any atom is 0.184 e. The van der Waals surface area contributed by atoms with E-state index in [0.29, 0.717) is 0 Å². The summed E-state index contributed by atoms with van der Waals surface area (Å²) < 4.78 is 10.3. The summed E-state index contributed by atoms with van der Waals surface area (Å²) in [6, 6.07) is 9.26. The van der Waals surface area contributed by atoms with Gasteiger partial charge in [0.2, 0.25) is 0 Å². The maximum atomic E-state index is 9.91. The maximum absolute atomic E-state index is 9.91. The Labute approximate surface area is 110 Å². The lowest BCUT2D eigenvalue weighted by Crippen LogP contribution is -2.59. The number of benzene rings is 1. The monoisotopic (exact) mass is 270 g/mol. The minimum Gasteiger partial charge on any atom is -0.394 e. The third-order valence-electron chi connectivity index (χ3n) is 3.13. The van der Waals surface area contributed by atoms with Crippen molar-refractivity contribution in [2.24, 2.45) is 0 Å². The highest BCUT2D eigenvalue weighted by atomic mass is 16.6. The minimum atomic E-state index is -1.48. The quantitative estimate of drug-likeness (QED) is 0.560. The Hall–Kier alpha value is -1.02. The number of hydrogen-bond acceptors (Lipinski definition) is 6. The van der Waals surface area contributed by atoms with Gasteiger partial charge in [-0.1, -0.05) is 30.3 Å². The summed E-state index contributed by atoms with van der Waals surface area (Å²) >= 11 is 0. The van der Waals surface area contributed by atoms with Crippen molar-refractivity contribution in [2.75, 3.05) is 6.61 Å². The summed E-state index contributed by atoms with van der Waals surface area (Å²) in [7, 11) is 0. The van der Waals surface area contributed by atoms with E-state index in [1.165, 1.54) is 0 Å². The zero-order valence-electron chi connectivity index (χ0n) is 10.3. The summed E-state index contributed by atoms with van der Waals surface area (Å²) in [5.74, 6) is 0. The Balaban J connectivity index is 2.00. The van der Waals surface area contributed by atoms with Crippen molar-refractivity contribution in [1.82, 2.24) is 0 Å². The minimum absolute atomic E-state index is 0.185. The van der Waals surface area contributed by atoms with Crippen molar-refractivity contribution in [2.45, 2.75) is 37.3 Å². The van der Waals surface area contributed by atoms with Crippen LogP contribution >= 0.6 is 0 Å². The molecule has 106 valence electrons. The van der Waals surface area contributed by atoms with E-state index in [0.717, 1.165) is 5.56 Å². The highest BCUT2D eigenvalue weighted by Crippen LogP contribution is 2.23. The number of hydrogen-bond donors (Lipinski definition) is 4. The molecule has 1 aliphatic heterocycles. The molecule has 0 amide bonds. The van der Waals surface area contributed by atoms with Crippen LogP contribution in [-0.2, 0) is 16.1 Å². The second-order valence-corrected chi connectivity index (χ2v) is 4.49. The summed E-state index contributed by atoms with van der Waals surface area (Å²) in [5.41, 5.74) is 0.878. The molecule has 1 aliphatic rings. The molecule has 1 saturated heterocycles. The normalized spacial score (nSPS) is 35.3. The van der Waals surface area contributed by atoms with E-state index in [1.54, 1.807) is 0 Å². The Morgan fingerprint density at radius 2 is 1.74 bits per heavy atom. The van der Waals surface area contributed by atoms with Crippen LogP contribution in [0.15, 0.2) is 30.3 Å². The number of rotatable bonds is 4. The van der Waals surface area contributed by atoms with Crippen molar-refractivity contribution in [3.05, 3.63) is 35.9 Å². The molecule has 4 N–H and O–H groups in total. The molecule has 1 heterocycles. The molecule has 5 atom stereocenters. The van der Waals surface area contributed by atoms with E-state index < -0.39 is 37.3 Å². The molecule has 0 aliphatic carbocycles. The molecule has 1 fully saturated rings. The van der Waals surface area contributed by atoms with Crippen molar-refractivity contribution < 1.29 is 29.9 Å². The second-order valence-electron chi connectivity index (χ2n) is 4.49. The van der Waals surface area contributed by atoms with Crippen molar-refractivity contribution in [1.29, 1.82) is 0 Å². The van der Waals surface area contributed by atoms with Crippen molar-refractivity contribution in [3.63, 3.8) is 0 Å². The van der Waals surface area contributed by atoms with Crippen LogP contribution in [0.5, 0.6) is 0 Å². The second kappa shape index (κ2) is 6.42. The van der Waals surface area contributed by atoms with Gasteiger partial charge in [-0.15, -0.1) is 0 Å². The Morgan fingerprint density at radius 3 is 2.37 bits per heavy atom. The van der Waals surface area contributed by atoms with Gasteiger partial charge in [0, 0.05) is 0 Å². The van der Waals surface area contributed by atoms with E-state index >= 15 is 0 Å². The van der Waals surface area contributed by atoms with Crippen LogP contribution in [0, 0.1) is 0 Å². The van der Waals surface area contributed by atoms with Gasteiger partial charge in [-0.2, -0.15) is 0 Å². The summed E-state index contributed by atoms with van der Waals surface area (Å²) in [5, 5.41) is 38.2. The van der Waals surface area contributed by atoms with Gasteiger partial charge < -0.3 is 29.9 Å². The fourth-order valence-electron chi connectivity index (χ4n) is 2.03. The molecule has 0 bridgehead atoms. The molecule has 6 nitrogen and oxygen atoms in total. The highest BCUT2D eigenvalue weighted by Gasteiger charge is 2.44. The van der Waals surface area contributed by atoms with Crippen LogP contribution in [0.2, 0.25) is 0 Å². The van der Waals surface area contributed by atoms with Gasteiger partial charge in [0.1, 0.15) is 24.4 Å². The Morgan fingerprint density at radius 1 is 1.05 bits per heavy atom. The molecule has 0 spiro atoms. The molecule has 0 saturated carbocycles. The fourth-order valence-corrected chi connectivity index (χ4v) is 2.03. The lowest BCUT2D eigenvalue weighted by Gasteiger charge is -2.39. The third kappa shape index (κ3) is 3.30. The van der Waals surface area contributed by atoms with Crippen LogP contribution in [0.25, 0.3) is 0 Å². The zero-order chi connectivity index (χ0) is 13.8. The van der Waals surface area contributed by atoms with Crippen LogP contribution in [0.4, 0.5) is 0 Å². The number of ether oxygens (including phenoxy) is 2. The molecular formula is C13H18O6. The van der Waals surface area contributed by atoms with Crippen LogP contribution in [0.3, 0.4) is 0 Å². The van der Waals surface area contributed by atoms with Gasteiger partial charge in [-0.05, 0) is 5.56 Å². The van der Waals surface area contributed by atoms with Crippen molar-refractivity contribution >= 4 is 0 Å². The zero-order valence-corrected chi connectivity index (χ0v) is 10.3. The lowest BCUT2D eigenvalue weighted by molar-refractivity contribution is -0.296. The molecule has 1 aromatic carbocycles. The molecule has 0 aromatic heterocycles. The summed E-state index contributed by atoms with van der Waals surface area (Å²) in [4.78, 5) is 0. The Bertz CT molecular complexity index is 384. The first kappa shape index (κ1) is 14.4. The van der Waals surface area contributed by atoms with Crippen LogP contribution in [-0.4, -0.2) is 57.7 Å². The molecule has 0 unspecified atom stereocenters. The van der Waals surface area contributed by atoms with Crippen LogP contribution < -0.4 is 0 Å². The average Bonchev–Trinajstić information content (AvgIpc) is 2.44. The van der Waals surface area contributed by atoms with Gasteiger partial charge in [-0.3, -0.25) is 0 Å². The van der Waals surface area contributed by atoms with Gasteiger partial charge in [0.25, 0.3) is 0 Å². The standard InChI is InChI=1S/C13H18O6/c14-6-9-10(15)12(11(16)13(17)19-9)18-7-8-4-2-1-3-5-8/h1-5,9-17H,6-7H2/t9-,10-,11-,12+,13-/m1/s1. The first-order chi connectivity index (χ1) is 9.13. The topological polar surface area (TPSA) is 99.4 Å². The van der Waals surface area contributed by atoms with Gasteiger partial charge in [-0.25, -0.2) is 0 Å². The van der Waals surface area contributed by atoms with Gasteiger partial charge >= 0.3 is 0 Å². The molecular weight excluding hydrogens is 252 g/mol. The smallest absolute Gasteiger partial charge is 0.184 e. The molecule has 1 aromatic rings. The van der Waals surface area contributed by atoms with Gasteiger partial charge in [0.05, 0.1) is 13.2 Å². The van der Waals surface area contributed by atoms with Gasteiger partial charge in [0.15, 0.2) is 6.29 Å². The molecule has 6 heteroatoms. The predicted molar refractivity (Wildman–Crippen MR) is 65.0 cm³/mol. The molecule has 2 rings (SSSR count). The summed E-state index contributed by atoms with van der Waals surface area (Å²) in [6.45, 7) is -0.277. The average molecular weight is 270 g/mol. The molecule has 19 heavy (non-hydrogen) atoms. The predicted octanol–water partition coefficient (Wildman–Crippen LogP) is -0.997. The first-order valence-electron chi connectivity index (χ1n) is 6.09. The number of aliphatic hydroxyl groups is 4. The van der Waals surface area contributed by atoms with E-state index in [2.05, 4.69) is 0 Å². The van der Waals surface area contributed by atoms with E-state index in [4.69, 9.17) is 14.6 Å². The number of aliphatic hydroxyl groups excluding tert-OH is 4. The van der Waals surface area contributed by atoms with Crippen LogP contribution in [0.1, 0.15) is 5.56 Å². The van der Waals surface area contributed by atoms with Crippen molar-refractivity contribution in [3.8, 4) is 0 Å². The fraction of sp³-hybridized carbons (Fsp3) is 0.538. The van der Waals surface area contributed by atoms with E-state index in [-0.39, 0.29) is 6.61 Å². The first-order valence-corrected chi connectivity index (χ1v) is 6.09. The SMILES string of the molecule is OC[C@H]1O[C@@H](O)[C@H](O)[C@@H](OCc2ccccc2)[C@@H]1O. The van der Waals surface area contributed by atoms with E-state index in [1.807, 2.05) is 30.3 Å². The Kier molecular flexibility index (Phi) is 4.87. The van der Waals surface area contributed by atoms with E-state index in [9.17, 15) is 15.3 Å². The third-order valence-corrected chi connectivity index (χ3v) is 3.13. The molecule has 0 radical (unpaired) electrons. The lowest BCUT2D eigenvalue weighted by atomic mass is 9.99. The highest BCUT2D eigenvalue weighted by molar-refractivity contribution is 5.13. The summed E-state index contributed by atoms with van der Waals surface area (Å²) in [6.07, 6.45) is -6.03. The largest absolute Gasteiger partial charge is 0.394 e.